The van der Waals surface area contributed by atoms with Crippen molar-refractivity contribution in [3.8, 4) is 6.01 Å². The van der Waals surface area contributed by atoms with E-state index in [1.54, 1.807) is 11.5 Å². The molecule has 0 amide bonds. The van der Waals surface area contributed by atoms with Crippen molar-refractivity contribution in [2.45, 2.75) is 44.9 Å². The molecule has 9 heteroatoms. The van der Waals surface area contributed by atoms with E-state index >= 15 is 0 Å². The van der Waals surface area contributed by atoms with Gasteiger partial charge in [-0.3, -0.25) is 4.57 Å². The molecule has 22 heavy (non-hydrogen) atoms. The number of aromatic nitrogens is 3. The van der Waals surface area contributed by atoms with Gasteiger partial charge in [-0.2, -0.15) is 4.72 Å². The van der Waals surface area contributed by atoms with E-state index in [9.17, 15) is 8.42 Å². The Morgan fingerprint density at radius 3 is 2.77 bits per heavy atom. The highest BCUT2D eigenvalue weighted by Crippen LogP contribution is 2.19. The van der Waals surface area contributed by atoms with Crippen molar-refractivity contribution < 1.29 is 17.6 Å². The number of sulfonamides is 1. The molecule has 0 saturated carbocycles. The van der Waals surface area contributed by atoms with Crippen LogP contribution >= 0.6 is 0 Å². The van der Waals surface area contributed by atoms with Crippen LogP contribution in [0.4, 0.5) is 0 Å². The minimum absolute atomic E-state index is 0.135. The number of rotatable bonds is 8. The molecule has 2 aromatic rings. The summed E-state index contributed by atoms with van der Waals surface area (Å²) in [5.41, 5.74) is 0. The Balaban J connectivity index is 2.19. The first-order valence-electron chi connectivity index (χ1n) is 7.11. The molecule has 2 heterocycles. The monoisotopic (exact) mass is 328 g/mol. The van der Waals surface area contributed by atoms with Gasteiger partial charge in [0.25, 0.3) is 10.0 Å². The van der Waals surface area contributed by atoms with Crippen molar-refractivity contribution in [2.24, 2.45) is 0 Å². The van der Waals surface area contributed by atoms with Crippen LogP contribution in [0.5, 0.6) is 6.01 Å². The fourth-order valence-electron chi connectivity index (χ4n) is 1.98. The summed E-state index contributed by atoms with van der Waals surface area (Å²) in [7, 11) is -3.74. The molecule has 0 aromatic carbocycles. The average Bonchev–Trinajstić information content (AvgIpc) is 3.13. The van der Waals surface area contributed by atoms with Crippen molar-refractivity contribution in [3.63, 3.8) is 0 Å². The molecule has 0 saturated heterocycles. The summed E-state index contributed by atoms with van der Waals surface area (Å²) in [6.07, 6.45) is 2.16. The molecular formula is C13H20N4O4S. The molecule has 2 rings (SSSR count). The van der Waals surface area contributed by atoms with E-state index in [0.29, 0.717) is 25.0 Å². The number of ether oxygens (including phenoxy) is 1. The van der Waals surface area contributed by atoms with Gasteiger partial charge in [0.15, 0.2) is 5.82 Å². The molecule has 0 spiro atoms. The highest BCUT2D eigenvalue weighted by atomic mass is 32.2. The van der Waals surface area contributed by atoms with Gasteiger partial charge in [0.2, 0.25) is 5.09 Å². The largest absolute Gasteiger partial charge is 0.464 e. The third-order valence-corrected chi connectivity index (χ3v) is 4.40. The topological polar surface area (TPSA) is 99.2 Å². The zero-order valence-corrected chi connectivity index (χ0v) is 13.6. The van der Waals surface area contributed by atoms with Gasteiger partial charge in [-0.25, -0.2) is 8.42 Å². The van der Waals surface area contributed by atoms with Crippen LogP contribution in [-0.4, -0.2) is 29.8 Å². The minimum atomic E-state index is -3.74. The number of hydrogen-bond donors (Lipinski definition) is 1. The predicted octanol–water partition coefficient (Wildman–Crippen LogP) is 1.72. The summed E-state index contributed by atoms with van der Waals surface area (Å²) >= 11 is 0. The third-order valence-electron chi connectivity index (χ3n) is 2.98. The molecular weight excluding hydrogens is 308 g/mol. The number of nitrogens with zero attached hydrogens (tertiary/aromatic N) is 3. The third kappa shape index (κ3) is 3.47. The number of nitrogens with one attached hydrogen (secondary N) is 1. The average molecular weight is 328 g/mol. The van der Waals surface area contributed by atoms with Crippen LogP contribution in [0.2, 0.25) is 0 Å². The zero-order valence-electron chi connectivity index (χ0n) is 12.8. The zero-order chi connectivity index (χ0) is 16.2. The van der Waals surface area contributed by atoms with Crippen LogP contribution in [-0.2, 0) is 16.6 Å². The van der Waals surface area contributed by atoms with Crippen molar-refractivity contribution in [3.05, 3.63) is 24.2 Å². The fraction of sp³-hybridized carbons (Fsp3) is 0.538. The Hall–Kier alpha value is -1.87. The summed E-state index contributed by atoms with van der Waals surface area (Å²) in [6, 6.07) is 2.73. The van der Waals surface area contributed by atoms with Crippen LogP contribution < -0.4 is 9.46 Å². The van der Waals surface area contributed by atoms with Crippen molar-refractivity contribution in [2.75, 3.05) is 6.61 Å². The summed E-state index contributed by atoms with van der Waals surface area (Å²) in [6.45, 7) is 6.71. The normalized spacial score (nSPS) is 13.2. The molecule has 2 aromatic heterocycles. The maximum absolute atomic E-state index is 12.2. The molecule has 1 atom stereocenters. The minimum Gasteiger partial charge on any atom is -0.464 e. The summed E-state index contributed by atoms with van der Waals surface area (Å²) in [5, 5.41) is 7.87. The highest BCUT2D eigenvalue weighted by Gasteiger charge is 2.25. The number of furan rings is 1. The first-order chi connectivity index (χ1) is 10.5. The van der Waals surface area contributed by atoms with Gasteiger partial charge >= 0.3 is 6.01 Å². The van der Waals surface area contributed by atoms with Crippen LogP contribution in [0.25, 0.3) is 0 Å². The Morgan fingerprint density at radius 1 is 1.41 bits per heavy atom. The molecule has 0 bridgehead atoms. The molecule has 8 nitrogen and oxygen atoms in total. The second kappa shape index (κ2) is 6.93. The summed E-state index contributed by atoms with van der Waals surface area (Å²) < 4.78 is 39.0. The van der Waals surface area contributed by atoms with E-state index in [0.717, 1.165) is 6.42 Å². The lowest BCUT2D eigenvalue weighted by atomic mass is 10.3. The van der Waals surface area contributed by atoms with E-state index in [4.69, 9.17) is 9.15 Å². The van der Waals surface area contributed by atoms with E-state index in [1.807, 2.05) is 13.8 Å². The smallest absolute Gasteiger partial charge is 0.316 e. The molecule has 0 aliphatic heterocycles. The van der Waals surface area contributed by atoms with Crippen LogP contribution in [0.3, 0.4) is 0 Å². The van der Waals surface area contributed by atoms with E-state index < -0.39 is 16.1 Å². The quantitative estimate of drug-likeness (QED) is 0.792. The fourth-order valence-corrected chi connectivity index (χ4v) is 3.10. The summed E-state index contributed by atoms with van der Waals surface area (Å²) in [4.78, 5) is 0. The lowest BCUT2D eigenvalue weighted by Crippen LogP contribution is -2.28. The van der Waals surface area contributed by atoms with Gasteiger partial charge in [0.05, 0.1) is 18.9 Å². The Morgan fingerprint density at radius 2 is 2.18 bits per heavy atom. The maximum Gasteiger partial charge on any atom is 0.316 e. The van der Waals surface area contributed by atoms with Crippen LogP contribution in [0.15, 0.2) is 27.9 Å². The molecule has 1 N–H and O–H groups in total. The van der Waals surface area contributed by atoms with E-state index in [2.05, 4.69) is 14.9 Å². The summed E-state index contributed by atoms with van der Waals surface area (Å²) in [5.74, 6) is 0.490. The first-order valence-corrected chi connectivity index (χ1v) is 8.59. The van der Waals surface area contributed by atoms with Crippen molar-refractivity contribution >= 4 is 10.0 Å². The Kier molecular flexibility index (Phi) is 5.19. The highest BCUT2D eigenvalue weighted by molar-refractivity contribution is 7.89. The second-order valence-corrected chi connectivity index (χ2v) is 6.35. The Bertz CT molecular complexity index is 694. The standard InChI is InChI=1S/C13H20N4O4S/c1-4-8-21-13-15-14-12(17(13)5-2)10(3)16-22(18,19)11-7-6-9-20-11/h6-7,9-10,16H,4-5,8H2,1-3H3/t10-/m0/s1. The van der Waals surface area contributed by atoms with Crippen LogP contribution in [0.1, 0.15) is 39.1 Å². The van der Waals surface area contributed by atoms with Gasteiger partial charge in [-0.05, 0) is 32.4 Å². The molecule has 0 radical (unpaired) electrons. The molecule has 0 aliphatic carbocycles. The van der Waals surface area contributed by atoms with E-state index in [-0.39, 0.29) is 5.09 Å². The van der Waals surface area contributed by atoms with Gasteiger partial charge in [0, 0.05) is 6.54 Å². The van der Waals surface area contributed by atoms with E-state index in [1.165, 1.54) is 18.4 Å². The predicted molar refractivity (Wildman–Crippen MR) is 78.9 cm³/mol. The molecule has 0 aliphatic rings. The maximum atomic E-state index is 12.2. The van der Waals surface area contributed by atoms with Gasteiger partial charge < -0.3 is 9.15 Å². The second-order valence-electron chi connectivity index (χ2n) is 4.71. The number of hydrogen-bond acceptors (Lipinski definition) is 6. The van der Waals surface area contributed by atoms with Crippen LogP contribution in [0, 0.1) is 0 Å². The molecule has 122 valence electrons. The van der Waals surface area contributed by atoms with Crippen molar-refractivity contribution in [1.29, 1.82) is 0 Å². The van der Waals surface area contributed by atoms with Gasteiger partial charge in [0.1, 0.15) is 0 Å². The van der Waals surface area contributed by atoms with Gasteiger partial charge in [-0.1, -0.05) is 12.0 Å². The lowest BCUT2D eigenvalue weighted by Gasteiger charge is -2.14. The molecule has 0 fully saturated rings. The van der Waals surface area contributed by atoms with Crippen molar-refractivity contribution in [1.82, 2.24) is 19.5 Å². The van der Waals surface area contributed by atoms with Gasteiger partial charge in [-0.15, -0.1) is 5.10 Å². The molecule has 0 unspecified atom stereocenters. The SMILES string of the molecule is CCCOc1nnc([C@H](C)NS(=O)(=O)c2ccco2)n1CC. The Labute approximate surface area is 129 Å². The first kappa shape index (κ1) is 16.5. The lowest BCUT2D eigenvalue weighted by molar-refractivity contribution is 0.276.